The van der Waals surface area contributed by atoms with Gasteiger partial charge < -0.3 is 14.8 Å². The molecule has 0 fully saturated rings. The lowest BCUT2D eigenvalue weighted by atomic mass is 10.1. The average Bonchev–Trinajstić information content (AvgIpc) is 2.51. The van der Waals surface area contributed by atoms with Gasteiger partial charge >= 0.3 is 0 Å². The fraction of sp³-hybridized carbons (Fsp3) is 0.333. The van der Waals surface area contributed by atoms with E-state index in [1.807, 2.05) is 19.1 Å². The van der Waals surface area contributed by atoms with E-state index in [9.17, 15) is 0 Å². The molecule has 0 aliphatic rings. The van der Waals surface area contributed by atoms with E-state index in [0.717, 1.165) is 12.1 Å². The molecule has 0 unspecified atom stereocenters. The largest absolute Gasteiger partial charge is 0.493 e. The molecule has 2 rings (SSSR count). The van der Waals surface area contributed by atoms with Crippen molar-refractivity contribution in [3.05, 3.63) is 58.1 Å². The zero-order chi connectivity index (χ0) is 15.9. The maximum atomic E-state index is 6.32. The Morgan fingerprint density at radius 3 is 2.41 bits per heavy atom. The molecule has 0 saturated carbocycles. The van der Waals surface area contributed by atoms with Crippen LogP contribution in [0.4, 0.5) is 0 Å². The van der Waals surface area contributed by atoms with Gasteiger partial charge in [0.05, 0.1) is 13.7 Å². The number of benzene rings is 2. The fourth-order valence-corrected chi connectivity index (χ4v) is 2.41. The minimum absolute atomic E-state index is 0.581. The van der Waals surface area contributed by atoms with E-state index >= 15 is 0 Å². The van der Waals surface area contributed by atoms with Crippen LogP contribution in [-0.4, -0.2) is 13.7 Å². The quantitative estimate of drug-likeness (QED) is 0.823. The van der Waals surface area contributed by atoms with Gasteiger partial charge in [-0.15, -0.1) is 0 Å². The summed E-state index contributed by atoms with van der Waals surface area (Å²) in [6, 6.07) is 12.2. The molecule has 3 nitrogen and oxygen atoms in total. The Morgan fingerprint density at radius 1 is 1.05 bits per heavy atom. The number of nitrogens with one attached hydrogen (secondary N) is 1. The summed E-state index contributed by atoms with van der Waals surface area (Å²) in [7, 11) is 1.63. The molecule has 0 aliphatic carbocycles. The van der Waals surface area contributed by atoms with Crippen molar-refractivity contribution >= 4 is 11.6 Å². The molecule has 118 valence electrons. The fourth-order valence-electron chi connectivity index (χ4n) is 2.19. The van der Waals surface area contributed by atoms with Gasteiger partial charge in [-0.1, -0.05) is 41.4 Å². The van der Waals surface area contributed by atoms with Gasteiger partial charge in [0, 0.05) is 24.2 Å². The van der Waals surface area contributed by atoms with Crippen LogP contribution in [0.2, 0.25) is 5.02 Å². The first-order valence-corrected chi connectivity index (χ1v) is 7.77. The Hall–Kier alpha value is -1.71. The van der Waals surface area contributed by atoms with Crippen LogP contribution >= 0.6 is 11.6 Å². The van der Waals surface area contributed by atoms with Crippen LogP contribution in [0.25, 0.3) is 0 Å². The van der Waals surface area contributed by atoms with E-state index in [-0.39, 0.29) is 0 Å². The first kappa shape index (κ1) is 16.7. The van der Waals surface area contributed by atoms with Gasteiger partial charge in [-0.2, -0.15) is 0 Å². The van der Waals surface area contributed by atoms with Gasteiger partial charge in [0.15, 0.2) is 11.5 Å². The maximum absolute atomic E-state index is 6.32. The van der Waals surface area contributed by atoms with Crippen LogP contribution in [0, 0.1) is 6.92 Å². The molecular formula is C18H22ClNO2. The molecular weight excluding hydrogens is 298 g/mol. The number of methoxy groups -OCH3 is 1. The van der Waals surface area contributed by atoms with Crippen LogP contribution in [0.1, 0.15) is 23.6 Å². The molecule has 0 radical (unpaired) electrons. The SMILES string of the molecule is CCOc1cc(Cl)c(CNCc2ccc(C)cc2)cc1OC. The molecule has 0 spiro atoms. The third-order valence-corrected chi connectivity index (χ3v) is 3.75. The second-order valence-electron chi connectivity index (χ2n) is 5.12. The average molecular weight is 320 g/mol. The van der Waals surface area contributed by atoms with Crippen LogP contribution in [0.15, 0.2) is 36.4 Å². The molecule has 0 amide bonds. The van der Waals surface area contributed by atoms with E-state index in [1.165, 1.54) is 11.1 Å². The lowest BCUT2D eigenvalue weighted by Gasteiger charge is -2.13. The number of rotatable bonds is 7. The van der Waals surface area contributed by atoms with Crippen molar-refractivity contribution in [1.29, 1.82) is 0 Å². The summed E-state index contributed by atoms with van der Waals surface area (Å²) in [4.78, 5) is 0. The standard InChI is InChI=1S/C18H22ClNO2/c1-4-22-18-10-16(19)15(9-17(18)21-3)12-20-11-14-7-5-13(2)6-8-14/h5-10,20H,4,11-12H2,1-3H3. The summed E-state index contributed by atoms with van der Waals surface area (Å²) in [6.45, 7) is 6.08. The number of hydrogen-bond donors (Lipinski definition) is 1. The van der Waals surface area contributed by atoms with Crippen molar-refractivity contribution in [2.75, 3.05) is 13.7 Å². The first-order chi connectivity index (χ1) is 10.6. The lowest BCUT2D eigenvalue weighted by molar-refractivity contribution is 0.310. The smallest absolute Gasteiger partial charge is 0.162 e. The van der Waals surface area contributed by atoms with Crippen molar-refractivity contribution < 1.29 is 9.47 Å². The lowest BCUT2D eigenvalue weighted by Crippen LogP contribution is -2.13. The predicted molar refractivity (Wildman–Crippen MR) is 90.9 cm³/mol. The number of ether oxygens (including phenoxy) is 2. The molecule has 0 aromatic heterocycles. The van der Waals surface area contributed by atoms with Crippen LogP contribution in [0.3, 0.4) is 0 Å². The van der Waals surface area contributed by atoms with Crippen molar-refractivity contribution in [3.63, 3.8) is 0 Å². The van der Waals surface area contributed by atoms with Crippen LogP contribution in [0.5, 0.6) is 11.5 Å². The normalized spacial score (nSPS) is 10.5. The summed E-state index contributed by atoms with van der Waals surface area (Å²) in [6.07, 6.45) is 0. The molecule has 1 N–H and O–H groups in total. The predicted octanol–water partition coefficient (Wildman–Crippen LogP) is 4.35. The Kier molecular flexibility index (Phi) is 6.10. The topological polar surface area (TPSA) is 30.5 Å². The Labute approximate surface area is 137 Å². The summed E-state index contributed by atoms with van der Waals surface area (Å²) in [5.41, 5.74) is 3.51. The number of halogens is 1. The van der Waals surface area contributed by atoms with E-state index in [4.69, 9.17) is 21.1 Å². The summed E-state index contributed by atoms with van der Waals surface area (Å²) in [5, 5.41) is 4.08. The second kappa shape index (κ2) is 8.06. The highest BCUT2D eigenvalue weighted by molar-refractivity contribution is 6.31. The molecule has 0 heterocycles. The van der Waals surface area contributed by atoms with Crippen molar-refractivity contribution in [2.45, 2.75) is 26.9 Å². The highest BCUT2D eigenvalue weighted by atomic mass is 35.5. The Balaban J connectivity index is 2.01. The molecule has 2 aromatic carbocycles. The van der Waals surface area contributed by atoms with Crippen molar-refractivity contribution in [3.8, 4) is 11.5 Å². The summed E-state index contributed by atoms with van der Waals surface area (Å²) < 4.78 is 10.9. The van der Waals surface area contributed by atoms with Gasteiger partial charge in [-0.25, -0.2) is 0 Å². The molecule has 2 aromatic rings. The highest BCUT2D eigenvalue weighted by Gasteiger charge is 2.10. The molecule has 4 heteroatoms. The highest BCUT2D eigenvalue weighted by Crippen LogP contribution is 2.33. The third kappa shape index (κ3) is 4.39. The maximum Gasteiger partial charge on any atom is 0.162 e. The van der Waals surface area contributed by atoms with Crippen molar-refractivity contribution in [2.24, 2.45) is 0 Å². The zero-order valence-electron chi connectivity index (χ0n) is 13.3. The molecule has 22 heavy (non-hydrogen) atoms. The van der Waals surface area contributed by atoms with Gasteiger partial charge in [-0.05, 0) is 31.0 Å². The van der Waals surface area contributed by atoms with E-state index < -0.39 is 0 Å². The minimum atomic E-state index is 0.581. The van der Waals surface area contributed by atoms with Gasteiger partial charge in [0.1, 0.15) is 0 Å². The molecule has 0 atom stereocenters. The molecule has 0 aliphatic heterocycles. The Bertz CT molecular complexity index is 611. The molecule has 0 bridgehead atoms. The minimum Gasteiger partial charge on any atom is -0.493 e. The summed E-state index contributed by atoms with van der Waals surface area (Å²) >= 11 is 6.32. The third-order valence-electron chi connectivity index (χ3n) is 3.40. The van der Waals surface area contributed by atoms with Gasteiger partial charge in [0.25, 0.3) is 0 Å². The van der Waals surface area contributed by atoms with E-state index in [0.29, 0.717) is 29.7 Å². The zero-order valence-corrected chi connectivity index (χ0v) is 14.0. The number of aryl methyl sites for hydroxylation is 1. The Morgan fingerprint density at radius 2 is 1.77 bits per heavy atom. The van der Waals surface area contributed by atoms with Gasteiger partial charge in [0.2, 0.25) is 0 Å². The van der Waals surface area contributed by atoms with Crippen molar-refractivity contribution in [1.82, 2.24) is 5.32 Å². The van der Waals surface area contributed by atoms with Crippen LogP contribution in [-0.2, 0) is 13.1 Å². The van der Waals surface area contributed by atoms with E-state index in [1.54, 1.807) is 7.11 Å². The molecule has 0 saturated heterocycles. The summed E-state index contributed by atoms with van der Waals surface area (Å²) in [5.74, 6) is 1.38. The monoisotopic (exact) mass is 319 g/mol. The second-order valence-corrected chi connectivity index (χ2v) is 5.52. The van der Waals surface area contributed by atoms with Gasteiger partial charge in [-0.3, -0.25) is 0 Å². The van der Waals surface area contributed by atoms with Crippen LogP contribution < -0.4 is 14.8 Å². The van der Waals surface area contributed by atoms with E-state index in [2.05, 4.69) is 36.5 Å². The first-order valence-electron chi connectivity index (χ1n) is 7.39. The number of hydrogen-bond acceptors (Lipinski definition) is 3.